The number of rotatable bonds is 8. The van der Waals surface area contributed by atoms with Crippen LogP contribution in [0.5, 0.6) is 5.75 Å². The van der Waals surface area contributed by atoms with Crippen LogP contribution in [0, 0.1) is 13.8 Å². The number of aromatic nitrogens is 2. The maximum Gasteiger partial charge on any atom is 0.231 e. The minimum Gasteiger partial charge on any atom is -0.495 e. The average molecular weight is 450 g/mol. The Morgan fingerprint density at radius 2 is 2.09 bits per heavy atom. The lowest BCUT2D eigenvalue weighted by Gasteiger charge is -2.15. The minimum absolute atomic E-state index is 0.0957. The summed E-state index contributed by atoms with van der Waals surface area (Å²) in [6.45, 7) is 5.35. The van der Waals surface area contributed by atoms with Crippen LogP contribution >= 0.6 is 11.3 Å². The van der Waals surface area contributed by atoms with Crippen molar-refractivity contribution in [2.24, 2.45) is 0 Å². The Morgan fingerprint density at radius 3 is 2.88 bits per heavy atom. The lowest BCUT2D eigenvalue weighted by atomic mass is 9.97. The van der Waals surface area contributed by atoms with Crippen molar-refractivity contribution >= 4 is 22.9 Å². The number of benzene rings is 1. The van der Waals surface area contributed by atoms with Crippen molar-refractivity contribution in [3.8, 4) is 17.0 Å². The Hall–Kier alpha value is -2.86. The largest absolute Gasteiger partial charge is 0.495 e. The molecule has 1 aliphatic rings. The molecule has 2 heterocycles. The highest BCUT2D eigenvalue weighted by Crippen LogP contribution is 2.30. The quantitative estimate of drug-likeness (QED) is 0.410. The number of amides is 1. The summed E-state index contributed by atoms with van der Waals surface area (Å²) < 4.78 is 7.71. The fourth-order valence-corrected chi connectivity index (χ4v) is 5.18. The van der Waals surface area contributed by atoms with E-state index in [4.69, 9.17) is 9.72 Å². The van der Waals surface area contributed by atoms with Crippen LogP contribution in [0.3, 0.4) is 0 Å². The lowest BCUT2D eigenvalue weighted by Crippen LogP contribution is -2.14. The third-order valence-electron chi connectivity index (χ3n) is 6.14. The van der Waals surface area contributed by atoms with Crippen LogP contribution in [0.2, 0.25) is 0 Å². The number of anilines is 1. The van der Waals surface area contributed by atoms with Gasteiger partial charge in [0.05, 0.1) is 24.9 Å². The van der Waals surface area contributed by atoms with Gasteiger partial charge in [-0.2, -0.15) is 0 Å². The number of hydrogen-bond acceptors (Lipinski definition) is 4. The van der Waals surface area contributed by atoms with Crippen molar-refractivity contribution in [1.29, 1.82) is 0 Å². The maximum absolute atomic E-state index is 12.5. The summed E-state index contributed by atoms with van der Waals surface area (Å²) in [5.41, 5.74) is 6.89. The highest BCUT2D eigenvalue weighted by Gasteiger charge is 2.16. The highest BCUT2D eigenvalue weighted by atomic mass is 32.1. The first-order valence-corrected chi connectivity index (χ1v) is 12.2. The molecule has 0 aliphatic heterocycles. The molecule has 32 heavy (non-hydrogen) atoms. The van der Waals surface area contributed by atoms with Crippen molar-refractivity contribution in [2.45, 2.75) is 58.9 Å². The molecule has 3 aromatic rings. The average Bonchev–Trinajstić information content (AvgIpc) is 3.37. The number of ether oxygens (including phenoxy) is 1. The summed E-state index contributed by atoms with van der Waals surface area (Å²) in [6.07, 6.45) is 8.94. The molecule has 168 valence electrons. The number of nitrogens with zero attached hydrogens (tertiary/aromatic N) is 2. The molecular weight excluding hydrogens is 418 g/mol. The van der Waals surface area contributed by atoms with Gasteiger partial charge in [-0.05, 0) is 64.2 Å². The Bertz CT molecular complexity index is 1130. The topological polar surface area (TPSA) is 56.1 Å². The molecule has 0 atom stereocenters. The highest BCUT2D eigenvalue weighted by molar-refractivity contribution is 7.10. The van der Waals surface area contributed by atoms with E-state index in [0.29, 0.717) is 11.4 Å². The first kappa shape index (κ1) is 22.3. The number of aryl methyl sites for hydroxylation is 1. The molecule has 0 radical (unpaired) electrons. The second kappa shape index (κ2) is 10.2. The first-order chi connectivity index (χ1) is 15.5. The van der Waals surface area contributed by atoms with Crippen molar-refractivity contribution < 1.29 is 9.53 Å². The number of thiazole rings is 1. The number of hydrogen-bond donors (Lipinski definition) is 1. The van der Waals surface area contributed by atoms with Gasteiger partial charge in [0.25, 0.3) is 0 Å². The number of methoxy groups -OCH3 is 1. The van der Waals surface area contributed by atoms with Gasteiger partial charge in [-0.25, -0.2) is 4.98 Å². The molecule has 4 rings (SSSR count). The fourth-order valence-electron chi connectivity index (χ4n) is 4.39. The second-order valence-corrected chi connectivity index (χ2v) is 9.29. The zero-order valence-electron chi connectivity index (χ0n) is 19.1. The van der Waals surface area contributed by atoms with Gasteiger partial charge in [-0.15, -0.1) is 11.3 Å². The third kappa shape index (κ3) is 5.13. The monoisotopic (exact) mass is 449 g/mol. The van der Waals surface area contributed by atoms with Gasteiger partial charge in [0.15, 0.2) is 0 Å². The molecule has 6 heteroatoms. The molecular formula is C26H31N3O2S. The molecule has 0 fully saturated rings. The zero-order valence-corrected chi connectivity index (χ0v) is 19.9. The summed E-state index contributed by atoms with van der Waals surface area (Å²) in [5, 5.41) is 5.79. The van der Waals surface area contributed by atoms with E-state index >= 15 is 0 Å². The molecule has 5 nitrogen and oxygen atoms in total. The molecule has 1 N–H and O–H groups in total. The molecule has 0 bridgehead atoms. The molecule has 1 aromatic carbocycles. The van der Waals surface area contributed by atoms with Crippen LogP contribution in [-0.2, 0) is 17.8 Å². The molecule has 0 unspecified atom stereocenters. The molecule has 0 saturated carbocycles. The lowest BCUT2D eigenvalue weighted by molar-refractivity contribution is -0.115. The summed E-state index contributed by atoms with van der Waals surface area (Å²) in [7, 11) is 1.60. The van der Waals surface area contributed by atoms with E-state index in [1.54, 1.807) is 12.7 Å². The van der Waals surface area contributed by atoms with E-state index in [9.17, 15) is 4.79 Å². The number of allylic oxidation sites excluding steroid dienone is 2. The Balaban J connectivity index is 1.43. The third-order valence-corrected chi connectivity index (χ3v) is 6.98. The van der Waals surface area contributed by atoms with Crippen molar-refractivity contribution in [1.82, 2.24) is 9.55 Å². The van der Waals surface area contributed by atoms with E-state index in [-0.39, 0.29) is 12.3 Å². The minimum atomic E-state index is -0.0957. The summed E-state index contributed by atoms with van der Waals surface area (Å²) in [4.78, 5) is 17.3. The van der Waals surface area contributed by atoms with Crippen molar-refractivity contribution in [2.75, 3.05) is 12.4 Å². The summed E-state index contributed by atoms with van der Waals surface area (Å²) in [5.74, 6) is 0.554. The standard InChI is InChI=1S/C26H31N3O2S/c1-18-15-21(19(2)29(18)14-13-20-9-5-4-6-10-20)23-17-32-26(28-23)16-25(30)27-22-11-7-8-12-24(22)31-3/h7-9,11-12,15,17H,4-6,10,13-14,16H2,1-3H3,(H,27,30). The van der Waals surface area contributed by atoms with Crippen LogP contribution in [0.1, 0.15) is 48.5 Å². The van der Waals surface area contributed by atoms with Crippen molar-refractivity contribution in [3.63, 3.8) is 0 Å². The van der Waals surface area contributed by atoms with Crippen LogP contribution < -0.4 is 10.1 Å². The van der Waals surface area contributed by atoms with Gasteiger partial charge in [0, 0.05) is 28.9 Å². The van der Waals surface area contributed by atoms with E-state index in [1.165, 1.54) is 48.4 Å². The number of carbonyl (C=O) groups excluding carboxylic acids is 1. The van der Waals surface area contributed by atoms with E-state index in [0.717, 1.165) is 29.2 Å². The van der Waals surface area contributed by atoms with Crippen LogP contribution in [-0.4, -0.2) is 22.6 Å². The van der Waals surface area contributed by atoms with E-state index < -0.39 is 0 Å². The number of carbonyl (C=O) groups is 1. The maximum atomic E-state index is 12.5. The first-order valence-electron chi connectivity index (χ1n) is 11.3. The predicted octanol–water partition coefficient (Wildman–Crippen LogP) is 6.31. The van der Waals surface area contributed by atoms with Gasteiger partial charge in [0.1, 0.15) is 10.8 Å². The number of nitrogens with one attached hydrogen (secondary N) is 1. The Morgan fingerprint density at radius 1 is 1.25 bits per heavy atom. The van der Waals surface area contributed by atoms with Crippen LogP contribution in [0.25, 0.3) is 11.3 Å². The molecule has 0 spiro atoms. The second-order valence-electron chi connectivity index (χ2n) is 8.35. The Labute approximate surface area is 194 Å². The molecule has 0 saturated heterocycles. The summed E-state index contributed by atoms with van der Waals surface area (Å²) >= 11 is 1.53. The van der Waals surface area contributed by atoms with Crippen LogP contribution in [0.4, 0.5) is 5.69 Å². The van der Waals surface area contributed by atoms with E-state index in [2.05, 4.69) is 41.3 Å². The smallest absolute Gasteiger partial charge is 0.231 e. The predicted molar refractivity (Wildman–Crippen MR) is 132 cm³/mol. The molecule has 2 aromatic heterocycles. The SMILES string of the molecule is COc1ccccc1NC(=O)Cc1nc(-c2cc(C)n(CCC3=CCCCC3)c2C)cs1. The normalized spacial score (nSPS) is 13.7. The Kier molecular flexibility index (Phi) is 7.10. The van der Waals surface area contributed by atoms with Gasteiger partial charge in [-0.3, -0.25) is 4.79 Å². The van der Waals surface area contributed by atoms with Gasteiger partial charge in [0.2, 0.25) is 5.91 Å². The van der Waals surface area contributed by atoms with Crippen molar-refractivity contribution in [3.05, 3.63) is 63.8 Å². The molecule has 1 amide bonds. The van der Waals surface area contributed by atoms with E-state index in [1.807, 2.05) is 24.3 Å². The fraction of sp³-hybridized carbons (Fsp3) is 0.385. The van der Waals surface area contributed by atoms with Crippen LogP contribution in [0.15, 0.2) is 47.4 Å². The van der Waals surface area contributed by atoms with Gasteiger partial charge in [-0.1, -0.05) is 23.8 Å². The molecule has 1 aliphatic carbocycles. The zero-order chi connectivity index (χ0) is 22.5. The summed E-state index contributed by atoms with van der Waals surface area (Å²) in [6, 6.07) is 9.64. The van der Waals surface area contributed by atoms with Gasteiger partial charge >= 0.3 is 0 Å². The number of para-hydroxylation sites is 2. The van der Waals surface area contributed by atoms with Gasteiger partial charge < -0.3 is 14.6 Å².